The van der Waals surface area contributed by atoms with Crippen molar-refractivity contribution in [3.05, 3.63) is 33.8 Å². The molecule has 3 rings (SSSR count). The van der Waals surface area contributed by atoms with Gasteiger partial charge in [-0.25, -0.2) is 0 Å². The van der Waals surface area contributed by atoms with Crippen LogP contribution in [-0.4, -0.2) is 18.0 Å². The largest absolute Gasteiger partial charge is 0.298 e. The molecule has 1 nitrogen and oxygen atoms in total. The zero-order valence-electron chi connectivity index (χ0n) is 9.58. The van der Waals surface area contributed by atoms with Crippen molar-refractivity contribution in [3.63, 3.8) is 0 Å². The molecule has 86 valence electrons. The summed E-state index contributed by atoms with van der Waals surface area (Å²) in [5.41, 5.74) is 3.06. The Morgan fingerprint density at radius 2 is 2.19 bits per heavy atom. The first kappa shape index (κ1) is 10.8. The standard InChI is InChI=1S/C14H18BrN/c15-14-6-2-5-12-7-8-16(10-13(12)14)9-11-3-1-4-11/h2,5-6,11H,1,3-4,7-10H2. The third-order valence-corrected chi connectivity index (χ3v) is 4.78. The fraction of sp³-hybridized carbons (Fsp3) is 0.571. The van der Waals surface area contributed by atoms with Crippen molar-refractivity contribution in [3.8, 4) is 0 Å². The number of hydrogen-bond donors (Lipinski definition) is 0. The van der Waals surface area contributed by atoms with Gasteiger partial charge < -0.3 is 0 Å². The first-order valence-corrected chi connectivity index (χ1v) is 7.11. The first-order chi connectivity index (χ1) is 7.83. The molecule has 2 heteroatoms. The minimum Gasteiger partial charge on any atom is -0.298 e. The zero-order valence-corrected chi connectivity index (χ0v) is 11.2. The predicted molar refractivity (Wildman–Crippen MR) is 70.5 cm³/mol. The zero-order chi connectivity index (χ0) is 11.0. The molecule has 0 unspecified atom stereocenters. The van der Waals surface area contributed by atoms with E-state index in [0.29, 0.717) is 0 Å². The fourth-order valence-corrected chi connectivity index (χ4v) is 3.32. The average Bonchev–Trinajstić information content (AvgIpc) is 2.24. The van der Waals surface area contributed by atoms with Gasteiger partial charge in [0, 0.05) is 24.1 Å². The van der Waals surface area contributed by atoms with Gasteiger partial charge in [0.15, 0.2) is 0 Å². The maximum absolute atomic E-state index is 3.68. The lowest BCUT2D eigenvalue weighted by atomic mass is 9.84. The van der Waals surface area contributed by atoms with Crippen molar-refractivity contribution in [1.82, 2.24) is 4.90 Å². The minimum absolute atomic E-state index is 0.990. The summed E-state index contributed by atoms with van der Waals surface area (Å²) in [5, 5.41) is 0. The lowest BCUT2D eigenvalue weighted by Gasteiger charge is -2.35. The summed E-state index contributed by atoms with van der Waals surface area (Å²) in [6.07, 6.45) is 5.60. The highest BCUT2D eigenvalue weighted by molar-refractivity contribution is 9.10. The van der Waals surface area contributed by atoms with Gasteiger partial charge in [-0.05, 0) is 42.4 Å². The molecule has 1 fully saturated rings. The number of rotatable bonds is 2. The van der Waals surface area contributed by atoms with E-state index in [4.69, 9.17) is 0 Å². The van der Waals surface area contributed by atoms with Gasteiger partial charge in [0.25, 0.3) is 0 Å². The van der Waals surface area contributed by atoms with Crippen LogP contribution in [0.4, 0.5) is 0 Å². The molecule has 0 amide bonds. The van der Waals surface area contributed by atoms with Crippen LogP contribution >= 0.6 is 15.9 Å². The second kappa shape index (κ2) is 4.50. The van der Waals surface area contributed by atoms with Crippen LogP contribution < -0.4 is 0 Å². The monoisotopic (exact) mass is 279 g/mol. The van der Waals surface area contributed by atoms with E-state index < -0.39 is 0 Å². The maximum atomic E-state index is 3.68. The SMILES string of the molecule is Brc1cccc2c1CN(CC1CCC1)CC2. The summed E-state index contributed by atoms with van der Waals surface area (Å²) in [7, 11) is 0. The van der Waals surface area contributed by atoms with Crippen LogP contribution in [-0.2, 0) is 13.0 Å². The summed E-state index contributed by atoms with van der Waals surface area (Å²) in [5.74, 6) is 0.990. The summed E-state index contributed by atoms with van der Waals surface area (Å²) >= 11 is 3.68. The number of benzene rings is 1. The Morgan fingerprint density at radius 3 is 2.94 bits per heavy atom. The van der Waals surface area contributed by atoms with E-state index in [1.54, 1.807) is 5.56 Å². The second-order valence-corrected chi connectivity index (χ2v) is 6.01. The quantitative estimate of drug-likeness (QED) is 0.800. The van der Waals surface area contributed by atoms with E-state index in [0.717, 1.165) is 12.5 Å². The Morgan fingerprint density at radius 1 is 1.31 bits per heavy atom. The van der Waals surface area contributed by atoms with E-state index >= 15 is 0 Å². The Bertz CT molecular complexity index is 384. The molecular weight excluding hydrogens is 262 g/mol. The highest BCUT2D eigenvalue weighted by Crippen LogP contribution is 2.31. The minimum atomic E-state index is 0.990. The predicted octanol–water partition coefficient (Wildman–Crippen LogP) is 3.61. The molecule has 0 spiro atoms. The Kier molecular flexibility index (Phi) is 3.03. The van der Waals surface area contributed by atoms with E-state index in [2.05, 4.69) is 39.0 Å². The number of fused-ring (bicyclic) bond motifs is 1. The molecule has 1 aliphatic carbocycles. The molecule has 0 atom stereocenters. The molecule has 0 radical (unpaired) electrons. The lowest BCUT2D eigenvalue weighted by Crippen LogP contribution is -2.36. The van der Waals surface area contributed by atoms with Crippen molar-refractivity contribution in [2.24, 2.45) is 5.92 Å². The van der Waals surface area contributed by atoms with Crippen LogP contribution in [0, 0.1) is 5.92 Å². The number of hydrogen-bond acceptors (Lipinski definition) is 1. The molecule has 1 saturated carbocycles. The maximum Gasteiger partial charge on any atom is 0.0247 e. The fourth-order valence-electron chi connectivity index (χ4n) is 2.79. The van der Waals surface area contributed by atoms with Gasteiger partial charge in [0.2, 0.25) is 0 Å². The first-order valence-electron chi connectivity index (χ1n) is 6.31. The molecular formula is C14H18BrN. The molecule has 0 N–H and O–H groups in total. The van der Waals surface area contributed by atoms with Crippen molar-refractivity contribution in [2.75, 3.05) is 13.1 Å². The average molecular weight is 280 g/mol. The van der Waals surface area contributed by atoms with Gasteiger partial charge in [0.05, 0.1) is 0 Å². The van der Waals surface area contributed by atoms with Gasteiger partial charge in [-0.2, -0.15) is 0 Å². The van der Waals surface area contributed by atoms with E-state index in [-0.39, 0.29) is 0 Å². The summed E-state index contributed by atoms with van der Waals surface area (Å²) < 4.78 is 1.29. The molecule has 1 aromatic rings. The third kappa shape index (κ3) is 2.05. The highest BCUT2D eigenvalue weighted by Gasteiger charge is 2.24. The van der Waals surface area contributed by atoms with Gasteiger partial charge in [-0.1, -0.05) is 34.5 Å². The molecule has 0 bridgehead atoms. The summed E-state index contributed by atoms with van der Waals surface area (Å²) in [4.78, 5) is 2.64. The second-order valence-electron chi connectivity index (χ2n) is 5.16. The molecule has 0 saturated heterocycles. The van der Waals surface area contributed by atoms with Crippen LogP contribution in [0.15, 0.2) is 22.7 Å². The molecule has 1 heterocycles. The third-order valence-electron chi connectivity index (χ3n) is 4.04. The Hall–Kier alpha value is -0.340. The van der Waals surface area contributed by atoms with Gasteiger partial charge in [-0.15, -0.1) is 0 Å². The van der Waals surface area contributed by atoms with Crippen molar-refractivity contribution < 1.29 is 0 Å². The van der Waals surface area contributed by atoms with Gasteiger partial charge in [-0.3, -0.25) is 4.90 Å². The molecule has 16 heavy (non-hydrogen) atoms. The Labute approximate surface area is 106 Å². The molecule has 1 aliphatic heterocycles. The number of nitrogens with zero attached hydrogens (tertiary/aromatic N) is 1. The van der Waals surface area contributed by atoms with Crippen molar-refractivity contribution in [1.29, 1.82) is 0 Å². The van der Waals surface area contributed by atoms with Crippen LogP contribution in [0.3, 0.4) is 0 Å². The molecule has 2 aliphatic rings. The van der Waals surface area contributed by atoms with E-state index in [1.807, 2.05) is 0 Å². The van der Waals surface area contributed by atoms with Crippen LogP contribution in [0.25, 0.3) is 0 Å². The lowest BCUT2D eigenvalue weighted by molar-refractivity contribution is 0.165. The topological polar surface area (TPSA) is 3.24 Å². The molecule has 1 aromatic carbocycles. The van der Waals surface area contributed by atoms with Crippen molar-refractivity contribution >= 4 is 15.9 Å². The smallest absolute Gasteiger partial charge is 0.0247 e. The highest BCUT2D eigenvalue weighted by atomic mass is 79.9. The van der Waals surface area contributed by atoms with Crippen LogP contribution in [0.5, 0.6) is 0 Å². The van der Waals surface area contributed by atoms with Crippen molar-refractivity contribution in [2.45, 2.75) is 32.2 Å². The van der Waals surface area contributed by atoms with E-state index in [9.17, 15) is 0 Å². The Balaban J connectivity index is 1.72. The molecule has 0 aromatic heterocycles. The van der Waals surface area contributed by atoms with Gasteiger partial charge in [0.1, 0.15) is 0 Å². The summed E-state index contributed by atoms with van der Waals surface area (Å²) in [6, 6.07) is 6.61. The number of halogens is 1. The van der Waals surface area contributed by atoms with E-state index in [1.165, 1.54) is 48.8 Å². The summed E-state index contributed by atoms with van der Waals surface area (Å²) in [6.45, 7) is 3.72. The van der Waals surface area contributed by atoms with Crippen LogP contribution in [0.1, 0.15) is 30.4 Å². The van der Waals surface area contributed by atoms with Gasteiger partial charge >= 0.3 is 0 Å². The van der Waals surface area contributed by atoms with Crippen LogP contribution in [0.2, 0.25) is 0 Å². The normalized spacial score (nSPS) is 21.6.